The maximum absolute atomic E-state index is 17.4. The number of rotatable bonds is 3. The predicted octanol–water partition coefficient (Wildman–Crippen LogP) is 3.65. The summed E-state index contributed by atoms with van der Waals surface area (Å²) in [6.07, 6.45) is 0.321. The third kappa shape index (κ3) is 3.14. The molecule has 0 saturated heterocycles. The number of ketones is 1. The number of ether oxygens (including phenoxy) is 1. The summed E-state index contributed by atoms with van der Waals surface area (Å²) in [5.74, 6) is -3.37. The molecule has 1 N–H and O–H groups in total. The number of aliphatic hydroxyl groups excluding tert-OH is 1. The van der Waals surface area contributed by atoms with Crippen LogP contribution in [0.3, 0.4) is 0 Å². The van der Waals surface area contributed by atoms with Crippen molar-refractivity contribution in [1.82, 2.24) is 9.78 Å². The first kappa shape index (κ1) is 26.3. The van der Waals surface area contributed by atoms with Gasteiger partial charge in [0.1, 0.15) is 11.9 Å². The predicted molar refractivity (Wildman–Crippen MR) is 133 cm³/mol. The molecule has 3 saturated carbocycles. The van der Waals surface area contributed by atoms with Gasteiger partial charge < -0.3 is 9.84 Å². The molecule has 37 heavy (non-hydrogen) atoms. The molecule has 0 aromatic carbocycles. The van der Waals surface area contributed by atoms with Gasteiger partial charge in [-0.1, -0.05) is 19.9 Å². The Morgan fingerprint density at radius 1 is 1.27 bits per heavy atom. The number of fused-ring (bicyclic) bond motifs is 5. The first-order valence-electron chi connectivity index (χ1n) is 12.6. The van der Waals surface area contributed by atoms with Crippen molar-refractivity contribution in [3.63, 3.8) is 0 Å². The molecule has 5 unspecified atom stereocenters. The highest BCUT2D eigenvalue weighted by Crippen LogP contribution is 2.71. The van der Waals surface area contributed by atoms with Crippen molar-refractivity contribution in [1.29, 1.82) is 0 Å². The van der Waals surface area contributed by atoms with E-state index in [2.05, 4.69) is 17.7 Å². The van der Waals surface area contributed by atoms with E-state index in [9.17, 15) is 19.5 Å². The van der Waals surface area contributed by atoms with Crippen LogP contribution in [0.15, 0.2) is 29.9 Å². The number of nitrogens with zero attached hydrogens (tertiary/aromatic N) is 2. The zero-order chi connectivity index (χ0) is 27.3. The normalized spacial score (nSPS) is 44.5. The third-order valence-corrected chi connectivity index (χ3v) is 10.3. The van der Waals surface area contributed by atoms with Crippen LogP contribution in [-0.2, 0) is 21.4 Å². The first-order valence-corrected chi connectivity index (χ1v) is 13.0. The van der Waals surface area contributed by atoms with Crippen LogP contribution in [0.5, 0.6) is 0 Å². The van der Waals surface area contributed by atoms with E-state index >= 15 is 8.78 Å². The molecule has 1 heterocycles. The fraction of sp³-hybridized carbons (Fsp3) is 0.630. The molecule has 5 rings (SSSR count). The van der Waals surface area contributed by atoms with Gasteiger partial charge in [0.2, 0.25) is 5.12 Å². The molecule has 4 aliphatic carbocycles. The van der Waals surface area contributed by atoms with E-state index < -0.39 is 69.0 Å². The molecule has 0 aliphatic heterocycles. The van der Waals surface area contributed by atoms with E-state index in [4.69, 9.17) is 4.74 Å². The lowest BCUT2D eigenvalue weighted by Crippen LogP contribution is -2.70. The first-order chi connectivity index (χ1) is 17.1. The fourth-order valence-corrected chi connectivity index (χ4v) is 8.76. The topological polar surface area (TPSA) is 98.5 Å². The smallest absolute Gasteiger partial charge is 0.357 e. The molecule has 3 fully saturated rings. The number of esters is 1. The van der Waals surface area contributed by atoms with E-state index in [-0.39, 0.29) is 30.5 Å². The average Bonchev–Trinajstić information content (AvgIpc) is 3.25. The van der Waals surface area contributed by atoms with Crippen molar-refractivity contribution in [3.05, 3.63) is 41.3 Å². The van der Waals surface area contributed by atoms with Gasteiger partial charge in [-0.25, -0.2) is 13.6 Å². The Labute approximate surface area is 219 Å². The summed E-state index contributed by atoms with van der Waals surface area (Å²) >= 11 is 4.17. The van der Waals surface area contributed by atoms with Crippen molar-refractivity contribution < 1.29 is 33.0 Å². The van der Waals surface area contributed by atoms with Crippen LogP contribution in [0.4, 0.5) is 8.78 Å². The Hall–Kier alpha value is -2.33. The number of aryl methyl sites for hydroxylation is 2. The number of hydrogen-bond acceptors (Lipinski definition) is 6. The highest BCUT2D eigenvalue weighted by Gasteiger charge is 2.78. The molecule has 0 radical (unpaired) electrons. The van der Waals surface area contributed by atoms with E-state index in [1.807, 2.05) is 0 Å². The summed E-state index contributed by atoms with van der Waals surface area (Å²) in [7, 11) is 1.58. The number of allylic oxidation sites excluding steroid dienone is 4. The van der Waals surface area contributed by atoms with E-state index in [0.29, 0.717) is 5.69 Å². The molecule has 1 aromatic heterocycles. The van der Waals surface area contributed by atoms with Crippen LogP contribution >= 0.6 is 12.6 Å². The number of aliphatic hydroxyl groups is 1. The highest BCUT2D eigenvalue weighted by atomic mass is 32.1. The van der Waals surface area contributed by atoms with Crippen molar-refractivity contribution in [2.45, 2.75) is 70.5 Å². The van der Waals surface area contributed by atoms with Gasteiger partial charge >= 0.3 is 5.97 Å². The summed E-state index contributed by atoms with van der Waals surface area (Å²) in [5, 5.41) is 15.0. The largest absolute Gasteiger partial charge is 0.444 e. The lowest BCUT2D eigenvalue weighted by atomic mass is 9.44. The van der Waals surface area contributed by atoms with Crippen LogP contribution in [0, 0.1) is 35.5 Å². The zero-order valence-corrected chi connectivity index (χ0v) is 22.4. The Morgan fingerprint density at radius 2 is 1.95 bits per heavy atom. The molecular weight excluding hydrogens is 502 g/mol. The Bertz CT molecular complexity index is 1280. The SMILES string of the molecule is Cc1cc(C(=O)OC2(C(=O)S)C(C)C[C@H]3[C@@H]4CC(F)C5=CC(=O)C=C[C@]5(C)C4(F)C(O)C[C@@]32C)n(C)n1. The Kier molecular flexibility index (Phi) is 5.74. The van der Waals surface area contributed by atoms with Crippen molar-refractivity contribution in [2.75, 3.05) is 0 Å². The summed E-state index contributed by atoms with van der Waals surface area (Å²) in [5.41, 5.74) is -6.07. The minimum Gasteiger partial charge on any atom is -0.444 e. The van der Waals surface area contributed by atoms with Gasteiger partial charge in [0.15, 0.2) is 17.1 Å². The number of hydrogen-bond donors (Lipinski definition) is 2. The third-order valence-electron chi connectivity index (χ3n) is 9.95. The van der Waals surface area contributed by atoms with Crippen molar-refractivity contribution >= 4 is 29.5 Å². The lowest BCUT2D eigenvalue weighted by Gasteiger charge is -2.63. The van der Waals surface area contributed by atoms with Gasteiger partial charge in [0.25, 0.3) is 0 Å². The number of carbonyl (C=O) groups is 3. The van der Waals surface area contributed by atoms with Crippen LogP contribution in [0.1, 0.15) is 56.2 Å². The van der Waals surface area contributed by atoms with Gasteiger partial charge in [-0.2, -0.15) is 5.10 Å². The van der Waals surface area contributed by atoms with Gasteiger partial charge in [-0.15, -0.1) is 12.6 Å². The monoisotopic (exact) mass is 534 g/mol. The standard InChI is InChI=1S/C27H32F2N2O5S/c1-13-8-16-17-11-19(28)18-10-15(32)6-7-24(18,3)26(17,29)21(33)12-25(16,4)27(13,23(35)37)36-22(34)20-9-14(2)30-31(20)5/h6-7,9-10,13,16-17,19,21,33H,8,11-12H2,1-5H3,(H,35,37)/t13?,16-,17-,19?,21?,24-,25-,26?,27?/m0/s1. The van der Waals surface area contributed by atoms with Crippen LogP contribution < -0.4 is 0 Å². The highest BCUT2D eigenvalue weighted by molar-refractivity contribution is 7.96. The van der Waals surface area contributed by atoms with Gasteiger partial charge in [0.05, 0.1) is 11.8 Å². The van der Waals surface area contributed by atoms with E-state index in [1.165, 1.54) is 23.8 Å². The van der Waals surface area contributed by atoms with Gasteiger partial charge in [-0.05, 0) is 62.8 Å². The van der Waals surface area contributed by atoms with Crippen LogP contribution in [0.25, 0.3) is 0 Å². The van der Waals surface area contributed by atoms with Crippen LogP contribution in [-0.4, -0.2) is 55.3 Å². The minimum atomic E-state index is -2.29. The molecule has 7 nitrogen and oxygen atoms in total. The van der Waals surface area contributed by atoms with Crippen LogP contribution in [0.2, 0.25) is 0 Å². The number of thiol groups is 1. The maximum Gasteiger partial charge on any atom is 0.357 e. The molecule has 9 atom stereocenters. The molecule has 1 aromatic rings. The van der Waals surface area contributed by atoms with Crippen molar-refractivity contribution in [2.24, 2.45) is 35.6 Å². The molecular formula is C27H32F2N2O5S. The molecule has 0 spiro atoms. The van der Waals surface area contributed by atoms with Crippen molar-refractivity contribution in [3.8, 4) is 0 Å². The number of halogens is 2. The summed E-state index contributed by atoms with van der Waals surface area (Å²) in [6.45, 7) is 6.69. The van der Waals surface area contributed by atoms with E-state index in [1.54, 1.807) is 33.9 Å². The number of alkyl halides is 2. The summed E-state index contributed by atoms with van der Waals surface area (Å²) in [6, 6.07) is 1.54. The zero-order valence-electron chi connectivity index (χ0n) is 21.5. The second-order valence-electron chi connectivity index (χ2n) is 11.7. The quantitative estimate of drug-likeness (QED) is 0.454. The van der Waals surface area contributed by atoms with E-state index in [0.717, 1.165) is 6.08 Å². The second-order valence-corrected chi connectivity index (χ2v) is 12.1. The van der Waals surface area contributed by atoms with Gasteiger partial charge in [-0.3, -0.25) is 14.3 Å². The maximum atomic E-state index is 17.4. The number of carbonyl (C=O) groups excluding carboxylic acids is 3. The minimum absolute atomic E-state index is 0.0296. The summed E-state index contributed by atoms with van der Waals surface area (Å²) < 4.78 is 40.4. The fourth-order valence-electron chi connectivity index (χ4n) is 8.24. The van der Waals surface area contributed by atoms with Gasteiger partial charge in [0, 0.05) is 29.7 Å². The molecule has 4 aliphatic rings. The average molecular weight is 535 g/mol. The second kappa shape index (κ2) is 8.09. The molecule has 0 bridgehead atoms. The number of aromatic nitrogens is 2. The Morgan fingerprint density at radius 3 is 2.54 bits per heavy atom. The Balaban J connectivity index is 1.62. The summed E-state index contributed by atoms with van der Waals surface area (Å²) in [4.78, 5) is 38.7. The molecule has 200 valence electrons. The molecule has 10 heteroatoms. The molecule has 0 amide bonds. The lowest BCUT2D eigenvalue weighted by molar-refractivity contribution is -0.221.